The monoisotopic (exact) mass is 293 g/mol. The third-order valence-electron chi connectivity index (χ3n) is 3.52. The zero-order valence-corrected chi connectivity index (χ0v) is 13.1. The maximum absolute atomic E-state index is 5.88. The topological polar surface area (TPSA) is 51.4 Å². The minimum atomic E-state index is 0.283. The molecule has 0 saturated carbocycles. The molecule has 1 saturated heterocycles. The summed E-state index contributed by atoms with van der Waals surface area (Å²) in [6, 6.07) is 3.92. The maximum atomic E-state index is 5.88. The van der Waals surface area contributed by atoms with Crippen LogP contribution in [0.3, 0.4) is 0 Å². The second kappa shape index (κ2) is 6.99. The minimum absolute atomic E-state index is 0.283. The van der Waals surface area contributed by atoms with E-state index >= 15 is 0 Å². The fourth-order valence-electron chi connectivity index (χ4n) is 2.53. The molecule has 1 fully saturated rings. The van der Waals surface area contributed by atoms with Crippen LogP contribution in [0.15, 0.2) is 12.1 Å². The summed E-state index contributed by atoms with van der Waals surface area (Å²) in [5, 5.41) is 0. The number of thiocarbonyl (C=S) groups is 1. The fourth-order valence-corrected chi connectivity index (χ4v) is 2.69. The van der Waals surface area contributed by atoms with Gasteiger partial charge in [0.2, 0.25) is 0 Å². The summed E-state index contributed by atoms with van der Waals surface area (Å²) in [6.45, 7) is 6.79. The second-order valence-electron chi connectivity index (χ2n) is 5.27. The van der Waals surface area contributed by atoms with Crippen LogP contribution in [0, 0.1) is 6.92 Å². The quantitative estimate of drug-likeness (QED) is 0.845. The summed E-state index contributed by atoms with van der Waals surface area (Å²) < 4.78 is 5.88. The van der Waals surface area contributed by atoms with Gasteiger partial charge in [0.05, 0.1) is 11.7 Å². The molecule has 2 rings (SSSR count). The van der Waals surface area contributed by atoms with Crippen LogP contribution in [-0.2, 0) is 4.74 Å². The molecule has 1 aliphatic rings. The Morgan fingerprint density at radius 3 is 3.05 bits per heavy atom. The summed E-state index contributed by atoms with van der Waals surface area (Å²) in [6.07, 6.45) is 3.56. The molecule has 1 aromatic rings. The zero-order valence-electron chi connectivity index (χ0n) is 12.3. The number of hydrogen-bond acceptors (Lipinski definition) is 4. The van der Waals surface area contributed by atoms with Gasteiger partial charge in [0, 0.05) is 25.4 Å². The molecule has 20 heavy (non-hydrogen) atoms. The van der Waals surface area contributed by atoms with Gasteiger partial charge in [-0.25, -0.2) is 4.98 Å². The van der Waals surface area contributed by atoms with Gasteiger partial charge in [-0.3, -0.25) is 0 Å². The van der Waals surface area contributed by atoms with E-state index in [1.54, 1.807) is 0 Å². The molecule has 1 atom stereocenters. The Hall–Kier alpha value is -1.20. The Balaban J connectivity index is 2.17. The van der Waals surface area contributed by atoms with E-state index in [-0.39, 0.29) is 6.10 Å². The first kappa shape index (κ1) is 15.2. The second-order valence-corrected chi connectivity index (χ2v) is 5.71. The maximum Gasteiger partial charge on any atom is 0.139 e. The minimum Gasteiger partial charge on any atom is -0.389 e. The fraction of sp³-hybridized carbons (Fsp3) is 0.600. The van der Waals surface area contributed by atoms with E-state index in [9.17, 15) is 0 Å². The lowest BCUT2D eigenvalue weighted by molar-refractivity contribution is 0.0439. The largest absolute Gasteiger partial charge is 0.389 e. The van der Waals surface area contributed by atoms with Crippen molar-refractivity contribution < 1.29 is 4.74 Å². The summed E-state index contributed by atoms with van der Waals surface area (Å²) >= 11 is 5.14. The smallest absolute Gasteiger partial charge is 0.139 e. The standard InChI is InChI=1S/C15H23N3OS/c1-3-9-19-12-5-4-8-18(10-12)15-13(14(16)20)7-6-11(2)17-15/h6-7,12H,3-5,8-10H2,1-2H3,(H2,16,20). The van der Waals surface area contributed by atoms with Crippen molar-refractivity contribution in [2.24, 2.45) is 5.73 Å². The van der Waals surface area contributed by atoms with E-state index in [1.165, 1.54) is 0 Å². The molecule has 1 unspecified atom stereocenters. The van der Waals surface area contributed by atoms with Crippen LogP contribution in [0.4, 0.5) is 5.82 Å². The van der Waals surface area contributed by atoms with Crippen molar-refractivity contribution in [3.63, 3.8) is 0 Å². The highest BCUT2D eigenvalue weighted by molar-refractivity contribution is 7.80. The Kier molecular flexibility index (Phi) is 5.31. The van der Waals surface area contributed by atoms with Gasteiger partial charge in [-0.2, -0.15) is 0 Å². The number of aryl methyl sites for hydroxylation is 1. The van der Waals surface area contributed by atoms with Crippen LogP contribution in [0.2, 0.25) is 0 Å². The highest BCUT2D eigenvalue weighted by Gasteiger charge is 2.23. The predicted molar refractivity (Wildman–Crippen MR) is 86.3 cm³/mol. The highest BCUT2D eigenvalue weighted by atomic mass is 32.1. The molecule has 4 nitrogen and oxygen atoms in total. The third-order valence-corrected chi connectivity index (χ3v) is 3.74. The molecule has 0 amide bonds. The van der Waals surface area contributed by atoms with Gasteiger partial charge in [-0.05, 0) is 38.3 Å². The lowest BCUT2D eigenvalue weighted by atomic mass is 10.1. The van der Waals surface area contributed by atoms with Crippen LogP contribution in [0.1, 0.15) is 37.4 Å². The molecular weight excluding hydrogens is 270 g/mol. The lowest BCUT2D eigenvalue weighted by Crippen LogP contribution is -2.41. The molecule has 0 radical (unpaired) electrons. The summed E-state index contributed by atoms with van der Waals surface area (Å²) in [4.78, 5) is 7.30. The van der Waals surface area contributed by atoms with Crippen molar-refractivity contribution in [1.82, 2.24) is 4.98 Å². The number of nitrogens with zero attached hydrogens (tertiary/aromatic N) is 2. The number of hydrogen-bond donors (Lipinski definition) is 1. The van der Waals surface area contributed by atoms with E-state index in [4.69, 9.17) is 22.7 Å². The van der Waals surface area contributed by atoms with Gasteiger partial charge in [0.1, 0.15) is 10.8 Å². The van der Waals surface area contributed by atoms with E-state index in [1.807, 2.05) is 19.1 Å². The molecule has 1 aromatic heterocycles. The van der Waals surface area contributed by atoms with Crippen LogP contribution >= 0.6 is 12.2 Å². The molecule has 2 N–H and O–H groups in total. The van der Waals surface area contributed by atoms with Crippen molar-refractivity contribution in [2.45, 2.75) is 39.2 Å². The molecule has 1 aliphatic heterocycles. The lowest BCUT2D eigenvalue weighted by Gasteiger charge is -2.34. The molecule has 2 heterocycles. The van der Waals surface area contributed by atoms with Crippen LogP contribution in [-0.4, -0.2) is 35.8 Å². The molecule has 5 heteroatoms. The van der Waals surface area contributed by atoms with Crippen molar-refractivity contribution in [3.05, 3.63) is 23.4 Å². The SMILES string of the molecule is CCCOC1CCCN(c2nc(C)ccc2C(N)=S)C1. The van der Waals surface area contributed by atoms with E-state index in [0.717, 1.165) is 56.0 Å². The average molecular weight is 293 g/mol. The first-order chi connectivity index (χ1) is 9.61. The van der Waals surface area contributed by atoms with Gasteiger partial charge in [0.25, 0.3) is 0 Å². The Morgan fingerprint density at radius 2 is 2.35 bits per heavy atom. The van der Waals surface area contributed by atoms with Gasteiger partial charge in [-0.1, -0.05) is 19.1 Å². The van der Waals surface area contributed by atoms with E-state index < -0.39 is 0 Å². The van der Waals surface area contributed by atoms with Gasteiger partial charge >= 0.3 is 0 Å². The number of anilines is 1. The van der Waals surface area contributed by atoms with Gasteiger partial charge in [-0.15, -0.1) is 0 Å². The van der Waals surface area contributed by atoms with Gasteiger partial charge in [0.15, 0.2) is 0 Å². The molecule has 0 aromatic carbocycles. The zero-order chi connectivity index (χ0) is 14.5. The average Bonchev–Trinajstić information content (AvgIpc) is 2.45. The summed E-state index contributed by atoms with van der Waals surface area (Å²) in [5.74, 6) is 0.905. The Bertz CT molecular complexity index is 478. The van der Waals surface area contributed by atoms with Gasteiger partial charge < -0.3 is 15.4 Å². The van der Waals surface area contributed by atoms with Crippen LogP contribution < -0.4 is 10.6 Å². The van der Waals surface area contributed by atoms with Crippen LogP contribution in [0.5, 0.6) is 0 Å². The van der Waals surface area contributed by atoms with Crippen molar-refractivity contribution in [2.75, 3.05) is 24.6 Å². The number of pyridine rings is 1. The number of piperidine rings is 1. The van der Waals surface area contributed by atoms with Crippen molar-refractivity contribution in [3.8, 4) is 0 Å². The van der Waals surface area contributed by atoms with Crippen LogP contribution in [0.25, 0.3) is 0 Å². The summed E-state index contributed by atoms with van der Waals surface area (Å²) in [5.41, 5.74) is 7.67. The van der Waals surface area contributed by atoms with Crippen molar-refractivity contribution >= 4 is 23.0 Å². The van der Waals surface area contributed by atoms with E-state index in [2.05, 4.69) is 16.8 Å². The number of ether oxygens (including phenoxy) is 1. The third kappa shape index (κ3) is 3.67. The highest BCUT2D eigenvalue weighted by Crippen LogP contribution is 2.24. The first-order valence-corrected chi connectivity index (χ1v) is 7.66. The molecule has 0 bridgehead atoms. The molecular formula is C15H23N3OS. The molecule has 0 aliphatic carbocycles. The first-order valence-electron chi connectivity index (χ1n) is 7.25. The Labute approximate surface area is 126 Å². The summed E-state index contributed by atoms with van der Waals surface area (Å²) in [7, 11) is 0. The van der Waals surface area contributed by atoms with Crippen molar-refractivity contribution in [1.29, 1.82) is 0 Å². The number of rotatable bonds is 5. The van der Waals surface area contributed by atoms with E-state index in [0.29, 0.717) is 4.99 Å². The molecule has 0 spiro atoms. The normalized spacial score (nSPS) is 19.1. The Morgan fingerprint density at radius 1 is 1.55 bits per heavy atom. The number of nitrogens with two attached hydrogens (primary N) is 1. The number of aromatic nitrogens is 1. The predicted octanol–water partition coefficient (Wildman–Crippen LogP) is 2.42. The molecule has 110 valence electrons.